The summed E-state index contributed by atoms with van der Waals surface area (Å²) in [5.41, 5.74) is 0.676. The minimum absolute atomic E-state index is 0.0123. The quantitative estimate of drug-likeness (QED) is 0.551. The monoisotopic (exact) mass is 282 g/mol. The van der Waals surface area contributed by atoms with E-state index >= 15 is 0 Å². The third kappa shape index (κ3) is 5.96. The van der Waals surface area contributed by atoms with Crippen molar-refractivity contribution in [2.24, 2.45) is 0 Å². The van der Waals surface area contributed by atoms with Crippen molar-refractivity contribution in [1.29, 1.82) is 0 Å². The van der Waals surface area contributed by atoms with E-state index in [-0.39, 0.29) is 5.91 Å². The van der Waals surface area contributed by atoms with Gasteiger partial charge in [-0.25, -0.2) is 4.98 Å². The van der Waals surface area contributed by atoms with Gasteiger partial charge >= 0.3 is 0 Å². The summed E-state index contributed by atoms with van der Waals surface area (Å²) in [6.45, 7) is 3.96. The Morgan fingerprint density at radius 1 is 1.26 bits per heavy atom. The van der Waals surface area contributed by atoms with E-state index in [1.165, 1.54) is 37.0 Å². The number of aromatic nitrogens is 1. The minimum atomic E-state index is -0.0123. The van der Waals surface area contributed by atoms with E-state index in [0.29, 0.717) is 22.1 Å². The molecule has 1 heterocycles. The zero-order valence-electron chi connectivity index (χ0n) is 11.7. The number of rotatable bonds is 9. The van der Waals surface area contributed by atoms with Crippen LogP contribution in [0, 0.1) is 6.92 Å². The number of carbonyl (C=O) groups is 2. The molecule has 0 radical (unpaired) electrons. The lowest BCUT2D eigenvalue weighted by Gasteiger charge is -2.01. The Morgan fingerprint density at radius 3 is 2.58 bits per heavy atom. The molecular formula is C14H22N2O2S. The van der Waals surface area contributed by atoms with Crippen LogP contribution < -0.4 is 5.32 Å². The first-order valence-electron chi connectivity index (χ1n) is 6.89. The number of hydrogen-bond donors (Lipinski definition) is 1. The van der Waals surface area contributed by atoms with Gasteiger partial charge in [0.15, 0.2) is 11.4 Å². The summed E-state index contributed by atoms with van der Waals surface area (Å²) in [5.74, 6) is -0.0123. The Bertz CT molecular complexity index is 416. The molecule has 0 fully saturated rings. The second-order valence-electron chi connectivity index (χ2n) is 4.65. The Labute approximate surface area is 118 Å². The largest absolute Gasteiger partial charge is 0.302 e. The first-order chi connectivity index (χ1) is 9.17. The normalized spacial score (nSPS) is 10.4. The topological polar surface area (TPSA) is 59.1 Å². The Hall–Kier alpha value is -1.23. The number of nitrogens with zero attached hydrogens (tertiary/aromatic N) is 1. The number of carbonyl (C=O) groups excluding carboxylic acids is 2. The molecule has 0 aromatic carbocycles. The second-order valence-corrected chi connectivity index (χ2v) is 5.68. The van der Waals surface area contributed by atoms with Crippen molar-refractivity contribution in [3.05, 3.63) is 10.6 Å². The number of nitrogens with one attached hydrogen (secondary N) is 1. The van der Waals surface area contributed by atoms with E-state index in [1.54, 1.807) is 6.92 Å². The number of anilines is 1. The number of thiazole rings is 1. The first kappa shape index (κ1) is 15.8. The summed E-state index contributed by atoms with van der Waals surface area (Å²) in [7, 11) is 0. The highest BCUT2D eigenvalue weighted by molar-refractivity contribution is 7.17. The second kappa shape index (κ2) is 8.80. The summed E-state index contributed by atoms with van der Waals surface area (Å²) in [5, 5.41) is 3.27. The van der Waals surface area contributed by atoms with E-state index < -0.39 is 0 Å². The predicted molar refractivity (Wildman–Crippen MR) is 78.9 cm³/mol. The molecule has 0 bridgehead atoms. The molecule has 0 saturated carbocycles. The predicted octanol–water partition coefficient (Wildman–Crippen LogP) is 3.95. The SMILES string of the molecule is CCCCCCCCC(=O)Nc1nc(C)c(C=O)s1. The minimum Gasteiger partial charge on any atom is -0.302 e. The van der Waals surface area contributed by atoms with Crippen molar-refractivity contribution >= 4 is 28.7 Å². The number of hydrogen-bond acceptors (Lipinski definition) is 4. The van der Waals surface area contributed by atoms with Gasteiger partial charge < -0.3 is 5.32 Å². The average molecular weight is 282 g/mol. The number of unbranched alkanes of at least 4 members (excludes halogenated alkanes) is 5. The number of aryl methyl sites for hydroxylation is 1. The molecule has 4 nitrogen and oxygen atoms in total. The van der Waals surface area contributed by atoms with Crippen molar-refractivity contribution in [1.82, 2.24) is 4.98 Å². The van der Waals surface area contributed by atoms with E-state index in [0.717, 1.165) is 19.1 Å². The van der Waals surface area contributed by atoms with Gasteiger partial charge in [0.05, 0.1) is 10.6 Å². The highest BCUT2D eigenvalue weighted by atomic mass is 32.1. The van der Waals surface area contributed by atoms with Crippen molar-refractivity contribution in [2.45, 2.75) is 58.8 Å². The lowest BCUT2D eigenvalue weighted by atomic mass is 10.1. The number of amides is 1. The van der Waals surface area contributed by atoms with Gasteiger partial charge in [-0.15, -0.1) is 0 Å². The van der Waals surface area contributed by atoms with Gasteiger partial charge in [0.1, 0.15) is 0 Å². The lowest BCUT2D eigenvalue weighted by Crippen LogP contribution is -2.10. The maximum atomic E-state index is 11.7. The fourth-order valence-electron chi connectivity index (χ4n) is 1.82. The third-order valence-corrected chi connectivity index (χ3v) is 3.94. The van der Waals surface area contributed by atoms with E-state index in [4.69, 9.17) is 0 Å². The van der Waals surface area contributed by atoms with Gasteiger partial charge in [-0.1, -0.05) is 50.4 Å². The Balaban J connectivity index is 2.21. The van der Waals surface area contributed by atoms with Gasteiger partial charge in [-0.05, 0) is 13.3 Å². The molecule has 1 aromatic rings. The van der Waals surface area contributed by atoms with Gasteiger partial charge in [0.2, 0.25) is 5.91 Å². The molecule has 0 unspecified atom stereocenters. The van der Waals surface area contributed by atoms with Crippen LogP contribution in [0.3, 0.4) is 0 Å². The van der Waals surface area contributed by atoms with E-state index in [2.05, 4.69) is 17.2 Å². The summed E-state index contributed by atoms with van der Waals surface area (Å²) in [6.07, 6.45) is 8.29. The molecule has 19 heavy (non-hydrogen) atoms. The molecule has 0 aliphatic heterocycles. The van der Waals surface area contributed by atoms with Crippen LogP contribution in [0.4, 0.5) is 5.13 Å². The third-order valence-electron chi connectivity index (χ3n) is 2.94. The Morgan fingerprint density at radius 2 is 1.95 bits per heavy atom. The van der Waals surface area contributed by atoms with Crippen LogP contribution in [0.15, 0.2) is 0 Å². The Kier molecular flexibility index (Phi) is 7.33. The molecule has 106 valence electrons. The molecule has 1 rings (SSSR count). The molecule has 0 atom stereocenters. The molecule has 0 aliphatic rings. The maximum Gasteiger partial charge on any atom is 0.226 e. The van der Waals surface area contributed by atoms with Crippen molar-refractivity contribution in [3.63, 3.8) is 0 Å². The summed E-state index contributed by atoms with van der Waals surface area (Å²) < 4.78 is 0. The van der Waals surface area contributed by atoms with Crippen molar-refractivity contribution in [3.8, 4) is 0 Å². The zero-order valence-corrected chi connectivity index (χ0v) is 12.5. The highest BCUT2D eigenvalue weighted by Crippen LogP contribution is 2.20. The molecule has 1 amide bonds. The molecule has 1 aromatic heterocycles. The van der Waals surface area contributed by atoms with Crippen LogP contribution in [-0.2, 0) is 4.79 Å². The maximum absolute atomic E-state index is 11.7. The molecule has 0 aliphatic carbocycles. The lowest BCUT2D eigenvalue weighted by molar-refractivity contribution is -0.116. The smallest absolute Gasteiger partial charge is 0.226 e. The fourth-order valence-corrected chi connectivity index (χ4v) is 2.62. The van der Waals surface area contributed by atoms with Crippen LogP contribution in [-0.4, -0.2) is 17.2 Å². The van der Waals surface area contributed by atoms with Gasteiger partial charge in [-0.3, -0.25) is 9.59 Å². The van der Waals surface area contributed by atoms with E-state index in [1.807, 2.05) is 0 Å². The van der Waals surface area contributed by atoms with Crippen LogP contribution in [0.5, 0.6) is 0 Å². The summed E-state index contributed by atoms with van der Waals surface area (Å²) >= 11 is 1.23. The zero-order chi connectivity index (χ0) is 14.1. The average Bonchev–Trinajstić information content (AvgIpc) is 2.73. The van der Waals surface area contributed by atoms with Crippen LogP contribution >= 0.6 is 11.3 Å². The molecule has 5 heteroatoms. The molecule has 0 saturated heterocycles. The summed E-state index contributed by atoms with van der Waals surface area (Å²) in [6, 6.07) is 0. The van der Waals surface area contributed by atoms with Gasteiger partial charge in [0, 0.05) is 6.42 Å². The highest BCUT2D eigenvalue weighted by Gasteiger charge is 2.09. The summed E-state index contributed by atoms with van der Waals surface area (Å²) in [4.78, 5) is 27.1. The van der Waals surface area contributed by atoms with E-state index in [9.17, 15) is 9.59 Å². The fraction of sp³-hybridized carbons (Fsp3) is 0.643. The molecular weight excluding hydrogens is 260 g/mol. The van der Waals surface area contributed by atoms with Crippen LogP contribution in [0.1, 0.15) is 67.2 Å². The molecule has 0 spiro atoms. The molecule has 1 N–H and O–H groups in total. The van der Waals surface area contributed by atoms with Crippen molar-refractivity contribution in [2.75, 3.05) is 5.32 Å². The van der Waals surface area contributed by atoms with Crippen LogP contribution in [0.25, 0.3) is 0 Å². The first-order valence-corrected chi connectivity index (χ1v) is 7.71. The number of aldehydes is 1. The van der Waals surface area contributed by atoms with Gasteiger partial charge in [-0.2, -0.15) is 0 Å². The van der Waals surface area contributed by atoms with Crippen LogP contribution in [0.2, 0.25) is 0 Å². The van der Waals surface area contributed by atoms with Gasteiger partial charge in [0.25, 0.3) is 0 Å². The van der Waals surface area contributed by atoms with Crippen molar-refractivity contribution < 1.29 is 9.59 Å². The standard InChI is InChI=1S/C14H22N2O2S/c1-3-4-5-6-7-8-9-13(18)16-14-15-11(2)12(10-17)19-14/h10H,3-9H2,1-2H3,(H,15,16,18).